The van der Waals surface area contributed by atoms with Crippen LogP contribution in [-0.4, -0.2) is 39.7 Å². The molecule has 0 atom stereocenters. The van der Waals surface area contributed by atoms with E-state index in [9.17, 15) is 4.79 Å². The van der Waals surface area contributed by atoms with E-state index in [1.165, 1.54) is 43.8 Å². The highest BCUT2D eigenvalue weighted by Gasteiger charge is 2.18. The zero-order valence-electron chi connectivity index (χ0n) is 16.2. The van der Waals surface area contributed by atoms with Crippen molar-refractivity contribution in [1.82, 2.24) is 15.0 Å². The molecule has 3 aromatic rings. The highest BCUT2D eigenvalue weighted by molar-refractivity contribution is 8.00. The molecule has 6 nitrogen and oxygen atoms in total. The standard InChI is InChI=1S/C20H22ClN5OS2/c1-13-6-7-15(14(21)10-13)24-16(27)11-28-19-17-18(22-12-23-19)25-20(29-17)26-8-4-2-3-5-9-26/h6-7,10,12H,2-5,8-9,11H2,1H3,(H,24,27). The number of nitrogens with zero attached hydrogens (tertiary/aromatic N) is 4. The Morgan fingerprint density at radius 3 is 2.79 bits per heavy atom. The van der Waals surface area contributed by atoms with Crippen molar-refractivity contribution in [1.29, 1.82) is 0 Å². The van der Waals surface area contributed by atoms with Crippen LogP contribution >= 0.6 is 34.7 Å². The van der Waals surface area contributed by atoms with Gasteiger partial charge in [-0.15, -0.1) is 0 Å². The normalized spacial score (nSPS) is 14.8. The number of rotatable bonds is 5. The molecule has 1 aromatic carbocycles. The molecule has 0 radical (unpaired) electrons. The molecule has 0 bridgehead atoms. The van der Waals surface area contributed by atoms with E-state index in [2.05, 4.69) is 20.2 Å². The fraction of sp³-hybridized carbons (Fsp3) is 0.400. The molecule has 1 amide bonds. The number of benzene rings is 1. The molecule has 1 saturated heterocycles. The molecule has 0 aliphatic carbocycles. The maximum Gasteiger partial charge on any atom is 0.234 e. The molecular weight excluding hydrogens is 426 g/mol. The number of thioether (sulfide) groups is 1. The fourth-order valence-corrected chi connectivity index (χ4v) is 5.49. The van der Waals surface area contributed by atoms with Crippen molar-refractivity contribution < 1.29 is 4.79 Å². The Balaban J connectivity index is 1.45. The Hall–Kier alpha value is -1.90. The summed E-state index contributed by atoms with van der Waals surface area (Å²) in [5.41, 5.74) is 2.38. The Morgan fingerprint density at radius 1 is 1.24 bits per heavy atom. The molecule has 1 aliphatic rings. The second-order valence-electron chi connectivity index (χ2n) is 7.05. The first-order valence-electron chi connectivity index (χ1n) is 9.65. The van der Waals surface area contributed by atoms with Gasteiger partial charge in [0.2, 0.25) is 5.91 Å². The summed E-state index contributed by atoms with van der Waals surface area (Å²) < 4.78 is 0.943. The van der Waals surface area contributed by atoms with Crippen molar-refractivity contribution in [2.75, 3.05) is 29.1 Å². The fourth-order valence-electron chi connectivity index (χ4n) is 3.26. The average Bonchev–Trinajstić information content (AvgIpc) is 2.96. The molecule has 152 valence electrons. The molecule has 1 N–H and O–H groups in total. The van der Waals surface area contributed by atoms with Gasteiger partial charge in [-0.1, -0.05) is 53.6 Å². The molecule has 0 spiro atoms. The minimum absolute atomic E-state index is 0.121. The molecule has 1 fully saturated rings. The largest absolute Gasteiger partial charge is 0.348 e. The summed E-state index contributed by atoms with van der Waals surface area (Å²) in [4.78, 5) is 28.2. The van der Waals surface area contributed by atoms with Gasteiger partial charge in [0.05, 0.1) is 16.5 Å². The molecule has 3 heterocycles. The quantitative estimate of drug-likeness (QED) is 0.430. The third-order valence-corrected chi connectivity index (χ3v) is 7.31. The van der Waals surface area contributed by atoms with E-state index in [1.54, 1.807) is 11.3 Å². The van der Waals surface area contributed by atoms with Crippen LogP contribution in [0.2, 0.25) is 5.02 Å². The van der Waals surface area contributed by atoms with Gasteiger partial charge in [-0.25, -0.2) is 9.97 Å². The second kappa shape index (κ2) is 9.28. The molecule has 2 aromatic heterocycles. The highest BCUT2D eigenvalue weighted by atomic mass is 35.5. The predicted molar refractivity (Wildman–Crippen MR) is 121 cm³/mol. The first kappa shape index (κ1) is 20.4. The number of carbonyl (C=O) groups excluding carboxylic acids is 1. The number of aryl methyl sites for hydroxylation is 1. The van der Waals surface area contributed by atoms with Gasteiger partial charge >= 0.3 is 0 Å². The van der Waals surface area contributed by atoms with Crippen LogP contribution in [0.4, 0.5) is 10.8 Å². The summed E-state index contributed by atoms with van der Waals surface area (Å²) in [7, 11) is 0. The van der Waals surface area contributed by atoms with E-state index >= 15 is 0 Å². The maximum absolute atomic E-state index is 12.4. The number of hydrogen-bond acceptors (Lipinski definition) is 7. The summed E-state index contributed by atoms with van der Waals surface area (Å²) >= 11 is 9.22. The van der Waals surface area contributed by atoms with Gasteiger partial charge in [0, 0.05) is 13.1 Å². The van der Waals surface area contributed by atoms with Gasteiger partial charge in [-0.3, -0.25) is 4.79 Å². The van der Waals surface area contributed by atoms with E-state index in [-0.39, 0.29) is 11.7 Å². The number of anilines is 2. The van der Waals surface area contributed by atoms with E-state index in [4.69, 9.17) is 16.6 Å². The minimum atomic E-state index is -0.121. The van der Waals surface area contributed by atoms with Gasteiger partial charge in [0.25, 0.3) is 0 Å². The summed E-state index contributed by atoms with van der Waals surface area (Å²) in [6.45, 7) is 4.04. The Bertz CT molecular complexity index is 1020. The first-order valence-corrected chi connectivity index (χ1v) is 11.8. The second-order valence-corrected chi connectivity index (χ2v) is 9.40. The number of nitrogens with one attached hydrogen (secondary N) is 1. The van der Waals surface area contributed by atoms with Crippen molar-refractivity contribution in [2.45, 2.75) is 37.6 Å². The van der Waals surface area contributed by atoms with Crippen molar-refractivity contribution in [3.8, 4) is 0 Å². The average molecular weight is 448 g/mol. The molecule has 1 aliphatic heterocycles. The van der Waals surface area contributed by atoms with Crippen LogP contribution in [0.25, 0.3) is 10.3 Å². The number of carbonyl (C=O) groups is 1. The molecule has 0 saturated carbocycles. The summed E-state index contributed by atoms with van der Waals surface area (Å²) in [6.07, 6.45) is 6.48. The predicted octanol–water partition coefficient (Wildman–Crippen LogP) is 5.16. The Labute approximate surface area is 183 Å². The lowest BCUT2D eigenvalue weighted by atomic mass is 10.2. The van der Waals surface area contributed by atoms with Gasteiger partial charge in [0.1, 0.15) is 16.1 Å². The Morgan fingerprint density at radius 2 is 2.03 bits per heavy atom. The zero-order chi connectivity index (χ0) is 20.2. The highest BCUT2D eigenvalue weighted by Crippen LogP contribution is 2.34. The third-order valence-electron chi connectivity index (χ3n) is 4.76. The number of aromatic nitrogens is 3. The van der Waals surface area contributed by atoms with E-state index in [0.29, 0.717) is 16.4 Å². The van der Waals surface area contributed by atoms with Gasteiger partial charge in [-0.05, 0) is 37.5 Å². The summed E-state index contributed by atoms with van der Waals surface area (Å²) in [5, 5.41) is 5.19. The SMILES string of the molecule is Cc1ccc(NC(=O)CSc2ncnc3nc(N4CCCCCC4)sc23)c(Cl)c1. The topological polar surface area (TPSA) is 71.0 Å². The van der Waals surface area contributed by atoms with Crippen LogP contribution < -0.4 is 10.2 Å². The van der Waals surface area contributed by atoms with E-state index < -0.39 is 0 Å². The molecular formula is C20H22ClN5OS2. The molecule has 29 heavy (non-hydrogen) atoms. The van der Waals surface area contributed by atoms with E-state index in [1.807, 2.05) is 25.1 Å². The number of thiazole rings is 1. The summed E-state index contributed by atoms with van der Waals surface area (Å²) in [6, 6.07) is 5.57. The Kier molecular flexibility index (Phi) is 6.52. The zero-order valence-corrected chi connectivity index (χ0v) is 18.5. The lowest BCUT2D eigenvalue weighted by Crippen LogP contribution is -2.23. The van der Waals surface area contributed by atoms with Crippen molar-refractivity contribution in [3.63, 3.8) is 0 Å². The molecule has 0 unspecified atom stereocenters. The van der Waals surface area contributed by atoms with Crippen molar-refractivity contribution >= 4 is 61.8 Å². The van der Waals surface area contributed by atoms with Crippen LogP contribution in [0.1, 0.15) is 31.2 Å². The molecule has 9 heteroatoms. The van der Waals surface area contributed by atoms with Crippen LogP contribution in [0.5, 0.6) is 0 Å². The monoisotopic (exact) mass is 447 g/mol. The van der Waals surface area contributed by atoms with E-state index in [0.717, 1.165) is 33.5 Å². The van der Waals surface area contributed by atoms with Gasteiger partial charge in [0.15, 0.2) is 10.8 Å². The van der Waals surface area contributed by atoms with Crippen molar-refractivity contribution in [2.24, 2.45) is 0 Å². The van der Waals surface area contributed by atoms with Gasteiger partial charge < -0.3 is 10.2 Å². The number of amides is 1. The third kappa shape index (κ3) is 4.99. The minimum Gasteiger partial charge on any atom is -0.348 e. The molecule has 4 rings (SSSR count). The smallest absolute Gasteiger partial charge is 0.234 e. The number of fused-ring (bicyclic) bond motifs is 1. The number of halogens is 1. The lowest BCUT2D eigenvalue weighted by molar-refractivity contribution is -0.113. The number of hydrogen-bond donors (Lipinski definition) is 1. The van der Waals surface area contributed by atoms with Crippen LogP contribution in [0, 0.1) is 6.92 Å². The maximum atomic E-state index is 12.4. The summed E-state index contributed by atoms with van der Waals surface area (Å²) in [5.74, 6) is 0.123. The van der Waals surface area contributed by atoms with Crippen molar-refractivity contribution in [3.05, 3.63) is 35.1 Å². The van der Waals surface area contributed by atoms with Crippen LogP contribution in [0.15, 0.2) is 29.6 Å². The van der Waals surface area contributed by atoms with Crippen LogP contribution in [0.3, 0.4) is 0 Å². The van der Waals surface area contributed by atoms with Gasteiger partial charge in [-0.2, -0.15) is 4.98 Å². The lowest BCUT2D eigenvalue weighted by Gasteiger charge is -2.18. The first-order chi connectivity index (χ1) is 14.1. The van der Waals surface area contributed by atoms with Crippen LogP contribution in [-0.2, 0) is 4.79 Å².